The van der Waals surface area contributed by atoms with Gasteiger partial charge < -0.3 is 4.74 Å². The lowest BCUT2D eigenvalue weighted by Gasteiger charge is -2.11. The van der Waals surface area contributed by atoms with E-state index in [9.17, 15) is 0 Å². The molecule has 0 atom stereocenters. The highest BCUT2D eigenvalue weighted by atomic mass is 79.9. The Balaban J connectivity index is 1.95. The summed E-state index contributed by atoms with van der Waals surface area (Å²) in [5.41, 5.74) is 3.42. The fourth-order valence-electron chi connectivity index (χ4n) is 2.24. The van der Waals surface area contributed by atoms with Crippen molar-refractivity contribution in [2.45, 2.75) is 20.5 Å². The molecule has 0 saturated carbocycles. The number of hydrogen-bond donors (Lipinski definition) is 0. The molecule has 0 unspecified atom stereocenters. The molecule has 0 spiro atoms. The molecule has 0 saturated heterocycles. The number of ether oxygens (including phenoxy) is 1. The van der Waals surface area contributed by atoms with Crippen LogP contribution in [0.3, 0.4) is 0 Å². The molecular weight excluding hydrogens is 387 g/mol. The monoisotopic (exact) mass is 398 g/mol. The molecular formula is C16H13BrCl2N2O. The lowest BCUT2D eigenvalue weighted by Crippen LogP contribution is -2.00. The third-order valence-corrected chi connectivity index (χ3v) is 5.30. The Morgan fingerprint density at radius 1 is 1.23 bits per heavy atom. The molecule has 3 rings (SSSR count). The van der Waals surface area contributed by atoms with Gasteiger partial charge in [-0.25, -0.2) is 4.98 Å². The van der Waals surface area contributed by atoms with Gasteiger partial charge in [-0.3, -0.25) is 4.40 Å². The number of fused-ring (bicyclic) bond motifs is 1. The van der Waals surface area contributed by atoms with Crippen molar-refractivity contribution in [1.82, 2.24) is 9.38 Å². The van der Waals surface area contributed by atoms with E-state index in [2.05, 4.69) is 20.9 Å². The normalized spacial score (nSPS) is 11.1. The number of halogens is 3. The van der Waals surface area contributed by atoms with Gasteiger partial charge in [0.1, 0.15) is 11.2 Å². The minimum Gasteiger partial charge on any atom is -0.485 e. The van der Waals surface area contributed by atoms with Gasteiger partial charge in [-0.05, 0) is 53.5 Å². The average molecular weight is 400 g/mol. The van der Waals surface area contributed by atoms with Crippen LogP contribution in [0.4, 0.5) is 0 Å². The molecule has 22 heavy (non-hydrogen) atoms. The highest BCUT2D eigenvalue weighted by Crippen LogP contribution is 2.30. The zero-order chi connectivity index (χ0) is 15.9. The maximum Gasteiger partial charge on any atom is 0.180 e. The van der Waals surface area contributed by atoms with Gasteiger partial charge in [0.2, 0.25) is 0 Å². The molecule has 1 aromatic carbocycles. The van der Waals surface area contributed by atoms with E-state index in [1.54, 1.807) is 0 Å². The number of imidazole rings is 1. The van der Waals surface area contributed by atoms with Gasteiger partial charge in [-0.1, -0.05) is 29.3 Å². The predicted molar refractivity (Wildman–Crippen MR) is 93.2 cm³/mol. The number of benzene rings is 1. The van der Waals surface area contributed by atoms with Gasteiger partial charge in [0.25, 0.3) is 0 Å². The Hall–Kier alpha value is -1.23. The maximum absolute atomic E-state index is 6.32. The molecule has 0 aliphatic rings. The topological polar surface area (TPSA) is 26.5 Å². The number of aryl methyl sites for hydroxylation is 2. The Bertz CT molecular complexity index is 861. The summed E-state index contributed by atoms with van der Waals surface area (Å²) < 4.78 is 8.77. The smallest absolute Gasteiger partial charge is 0.180 e. The second kappa shape index (κ2) is 6.11. The standard InChI is InChI=1S/C16H13BrCl2N2O/c1-9-5-6-12(18)11(14(9)19)8-22-13-4-3-7-21-15(17)10(2)20-16(13)21/h3-7H,8H2,1-2H3. The zero-order valence-electron chi connectivity index (χ0n) is 12.0. The van der Waals surface area contributed by atoms with Crippen molar-refractivity contribution in [1.29, 1.82) is 0 Å². The molecule has 3 aromatic rings. The Morgan fingerprint density at radius 3 is 2.77 bits per heavy atom. The lowest BCUT2D eigenvalue weighted by atomic mass is 10.1. The summed E-state index contributed by atoms with van der Waals surface area (Å²) in [7, 11) is 0. The largest absolute Gasteiger partial charge is 0.485 e. The Labute approximate surface area is 147 Å². The number of aromatic nitrogens is 2. The Morgan fingerprint density at radius 2 is 2.00 bits per heavy atom. The quantitative estimate of drug-likeness (QED) is 0.573. The van der Waals surface area contributed by atoms with Crippen LogP contribution in [0.25, 0.3) is 5.65 Å². The summed E-state index contributed by atoms with van der Waals surface area (Å²) in [6, 6.07) is 7.52. The zero-order valence-corrected chi connectivity index (χ0v) is 15.1. The van der Waals surface area contributed by atoms with Gasteiger partial charge >= 0.3 is 0 Å². The minimum atomic E-state index is 0.294. The van der Waals surface area contributed by atoms with Crippen LogP contribution in [0.15, 0.2) is 35.1 Å². The van der Waals surface area contributed by atoms with Crippen LogP contribution in [0.1, 0.15) is 16.8 Å². The van der Waals surface area contributed by atoms with Crippen molar-refractivity contribution in [2.24, 2.45) is 0 Å². The molecule has 0 amide bonds. The van der Waals surface area contributed by atoms with Gasteiger partial charge in [0.05, 0.1) is 10.7 Å². The van der Waals surface area contributed by atoms with Crippen molar-refractivity contribution in [3.8, 4) is 5.75 Å². The van der Waals surface area contributed by atoms with E-state index in [0.29, 0.717) is 22.4 Å². The van der Waals surface area contributed by atoms with Crippen molar-refractivity contribution in [3.63, 3.8) is 0 Å². The van der Waals surface area contributed by atoms with E-state index in [0.717, 1.165) is 27.1 Å². The highest BCUT2D eigenvalue weighted by Gasteiger charge is 2.13. The van der Waals surface area contributed by atoms with Crippen LogP contribution in [0, 0.1) is 13.8 Å². The van der Waals surface area contributed by atoms with Gasteiger partial charge in [-0.15, -0.1) is 0 Å². The number of rotatable bonds is 3. The summed E-state index contributed by atoms with van der Waals surface area (Å²) in [4.78, 5) is 4.51. The first-order chi connectivity index (χ1) is 10.5. The van der Waals surface area contributed by atoms with Crippen LogP contribution in [-0.4, -0.2) is 9.38 Å². The summed E-state index contributed by atoms with van der Waals surface area (Å²) in [6.45, 7) is 4.18. The lowest BCUT2D eigenvalue weighted by molar-refractivity contribution is 0.308. The number of pyridine rings is 1. The first kappa shape index (κ1) is 15.7. The molecule has 6 heteroatoms. The number of nitrogens with zero attached hydrogens (tertiary/aromatic N) is 2. The second-order valence-electron chi connectivity index (χ2n) is 5.00. The van der Waals surface area contributed by atoms with Crippen molar-refractivity contribution < 1.29 is 4.74 Å². The molecule has 114 valence electrons. The van der Waals surface area contributed by atoms with Crippen molar-refractivity contribution in [3.05, 3.63) is 61.9 Å². The van der Waals surface area contributed by atoms with E-state index in [1.165, 1.54) is 0 Å². The third kappa shape index (κ3) is 2.71. The van der Waals surface area contributed by atoms with Gasteiger partial charge in [-0.2, -0.15) is 0 Å². The Kier molecular flexibility index (Phi) is 4.35. The van der Waals surface area contributed by atoms with Crippen LogP contribution in [-0.2, 0) is 6.61 Å². The van der Waals surface area contributed by atoms with E-state index in [-0.39, 0.29) is 0 Å². The fourth-order valence-corrected chi connectivity index (χ4v) is 3.09. The molecule has 0 radical (unpaired) electrons. The van der Waals surface area contributed by atoms with E-state index < -0.39 is 0 Å². The van der Waals surface area contributed by atoms with Gasteiger partial charge in [0.15, 0.2) is 11.4 Å². The minimum absolute atomic E-state index is 0.294. The van der Waals surface area contributed by atoms with E-state index in [4.69, 9.17) is 27.9 Å². The summed E-state index contributed by atoms with van der Waals surface area (Å²) in [6.07, 6.45) is 1.93. The first-order valence-electron chi connectivity index (χ1n) is 6.68. The van der Waals surface area contributed by atoms with E-state index in [1.807, 2.05) is 48.7 Å². The predicted octanol–water partition coefficient (Wildman–Crippen LogP) is 5.60. The number of hydrogen-bond acceptors (Lipinski definition) is 2. The molecule has 0 aliphatic carbocycles. The molecule has 0 fully saturated rings. The van der Waals surface area contributed by atoms with Crippen LogP contribution in [0.5, 0.6) is 5.75 Å². The van der Waals surface area contributed by atoms with Crippen molar-refractivity contribution in [2.75, 3.05) is 0 Å². The SMILES string of the molecule is Cc1ccc(Cl)c(COc2cccn3c(Br)c(C)nc23)c1Cl. The van der Waals surface area contributed by atoms with Crippen LogP contribution >= 0.6 is 39.1 Å². The molecule has 2 heterocycles. The fraction of sp³-hybridized carbons (Fsp3) is 0.188. The van der Waals surface area contributed by atoms with E-state index >= 15 is 0 Å². The molecule has 2 aromatic heterocycles. The van der Waals surface area contributed by atoms with Crippen molar-refractivity contribution >= 4 is 44.8 Å². The average Bonchev–Trinajstić information content (AvgIpc) is 2.79. The summed E-state index contributed by atoms with van der Waals surface area (Å²) in [5.74, 6) is 0.685. The molecule has 0 N–H and O–H groups in total. The summed E-state index contributed by atoms with van der Waals surface area (Å²) in [5, 5.41) is 1.24. The van der Waals surface area contributed by atoms with Gasteiger partial charge in [0, 0.05) is 16.8 Å². The molecule has 3 nitrogen and oxygen atoms in total. The second-order valence-corrected chi connectivity index (χ2v) is 6.54. The highest BCUT2D eigenvalue weighted by molar-refractivity contribution is 9.10. The molecule has 0 bridgehead atoms. The first-order valence-corrected chi connectivity index (χ1v) is 8.23. The van der Waals surface area contributed by atoms with Crippen LogP contribution in [0.2, 0.25) is 10.0 Å². The maximum atomic E-state index is 6.32. The third-order valence-electron chi connectivity index (χ3n) is 3.47. The molecule has 0 aliphatic heterocycles. The van der Waals surface area contributed by atoms with Crippen LogP contribution < -0.4 is 4.74 Å². The summed E-state index contributed by atoms with van der Waals surface area (Å²) >= 11 is 16.1.